The first-order chi connectivity index (χ1) is 8.66. The summed E-state index contributed by atoms with van der Waals surface area (Å²) in [6.45, 7) is 1.95. The van der Waals surface area contributed by atoms with Crippen molar-refractivity contribution in [3.8, 4) is 0 Å². The van der Waals surface area contributed by atoms with Crippen LogP contribution in [0.4, 0.5) is 10.1 Å². The van der Waals surface area contributed by atoms with E-state index in [1.165, 1.54) is 12.1 Å². The second-order valence-electron chi connectivity index (χ2n) is 4.34. The van der Waals surface area contributed by atoms with Crippen molar-refractivity contribution in [1.82, 2.24) is 5.32 Å². The highest BCUT2D eigenvalue weighted by Crippen LogP contribution is 2.18. The van der Waals surface area contributed by atoms with Crippen molar-refractivity contribution in [3.05, 3.63) is 39.7 Å². The molecule has 1 atom stereocenters. The molecule has 0 radical (unpaired) electrons. The molecule has 1 saturated heterocycles. The number of benzene rings is 1. The van der Waals surface area contributed by atoms with Crippen LogP contribution in [0.3, 0.4) is 0 Å². The number of nitrogens with one attached hydrogen (secondary N) is 1. The average Bonchev–Trinajstić information content (AvgIpc) is 2.37. The average molecular weight is 254 g/mol. The molecule has 5 nitrogen and oxygen atoms in total. The third-order valence-electron chi connectivity index (χ3n) is 2.96. The van der Waals surface area contributed by atoms with Crippen LogP contribution in [0.1, 0.15) is 18.4 Å². The molecule has 0 aromatic heterocycles. The number of hydrogen-bond acceptors (Lipinski definition) is 4. The number of nitro benzene ring substituents is 1. The standard InChI is InChI=1S/C12H15FN2O3/c13-11-6-9(3-4-12(11)15(16)17)7-14-10-2-1-5-18-8-10/h3-4,6,10,14H,1-2,5,7-8H2. The van der Waals surface area contributed by atoms with Crippen molar-refractivity contribution in [1.29, 1.82) is 0 Å². The lowest BCUT2D eigenvalue weighted by atomic mass is 10.1. The number of rotatable bonds is 4. The summed E-state index contributed by atoms with van der Waals surface area (Å²) >= 11 is 0. The molecule has 0 amide bonds. The van der Waals surface area contributed by atoms with E-state index in [-0.39, 0.29) is 6.04 Å². The summed E-state index contributed by atoms with van der Waals surface area (Å²) < 4.78 is 18.7. The fourth-order valence-corrected chi connectivity index (χ4v) is 1.97. The van der Waals surface area contributed by atoms with Crippen molar-refractivity contribution >= 4 is 5.69 Å². The number of hydrogen-bond donors (Lipinski definition) is 1. The van der Waals surface area contributed by atoms with E-state index in [2.05, 4.69) is 5.32 Å². The lowest BCUT2D eigenvalue weighted by Gasteiger charge is -2.23. The normalized spacial score (nSPS) is 19.7. The summed E-state index contributed by atoms with van der Waals surface area (Å²) in [5, 5.41) is 13.7. The van der Waals surface area contributed by atoms with Gasteiger partial charge in [-0.15, -0.1) is 0 Å². The van der Waals surface area contributed by atoms with Gasteiger partial charge in [0.05, 0.1) is 11.5 Å². The molecule has 0 bridgehead atoms. The third-order valence-corrected chi connectivity index (χ3v) is 2.96. The lowest BCUT2D eigenvalue weighted by molar-refractivity contribution is -0.387. The van der Waals surface area contributed by atoms with E-state index in [4.69, 9.17) is 4.74 Å². The minimum absolute atomic E-state index is 0.275. The molecule has 1 heterocycles. The molecular formula is C12H15FN2O3. The molecule has 6 heteroatoms. The largest absolute Gasteiger partial charge is 0.380 e. The van der Waals surface area contributed by atoms with Gasteiger partial charge in [-0.05, 0) is 24.5 Å². The quantitative estimate of drug-likeness (QED) is 0.659. The van der Waals surface area contributed by atoms with Gasteiger partial charge in [0, 0.05) is 25.3 Å². The van der Waals surface area contributed by atoms with E-state index in [9.17, 15) is 14.5 Å². The number of ether oxygens (including phenoxy) is 1. The highest BCUT2D eigenvalue weighted by atomic mass is 19.1. The molecule has 1 aliphatic heterocycles. The molecule has 1 unspecified atom stereocenters. The Bertz CT molecular complexity index is 433. The number of nitrogens with zero attached hydrogens (tertiary/aromatic N) is 1. The Morgan fingerprint density at radius 3 is 3.00 bits per heavy atom. The fraction of sp³-hybridized carbons (Fsp3) is 0.500. The summed E-state index contributed by atoms with van der Waals surface area (Å²) in [7, 11) is 0. The van der Waals surface area contributed by atoms with E-state index >= 15 is 0 Å². The Labute approximate surface area is 104 Å². The molecule has 1 aliphatic rings. The van der Waals surface area contributed by atoms with Gasteiger partial charge in [-0.1, -0.05) is 6.07 Å². The Morgan fingerprint density at radius 1 is 1.56 bits per heavy atom. The predicted molar refractivity (Wildman–Crippen MR) is 63.7 cm³/mol. The second-order valence-corrected chi connectivity index (χ2v) is 4.34. The number of halogens is 1. The summed E-state index contributed by atoms with van der Waals surface area (Å²) in [4.78, 5) is 9.75. The van der Waals surface area contributed by atoms with Gasteiger partial charge in [0.25, 0.3) is 0 Å². The van der Waals surface area contributed by atoms with Crippen molar-refractivity contribution in [3.63, 3.8) is 0 Å². The second kappa shape index (κ2) is 5.88. The highest BCUT2D eigenvalue weighted by Gasteiger charge is 2.15. The summed E-state index contributed by atoms with van der Waals surface area (Å²) in [6, 6.07) is 4.24. The van der Waals surface area contributed by atoms with E-state index in [1.807, 2.05) is 0 Å². The third kappa shape index (κ3) is 3.24. The maximum atomic E-state index is 13.4. The number of nitro groups is 1. The smallest absolute Gasteiger partial charge is 0.304 e. The summed E-state index contributed by atoms with van der Waals surface area (Å²) in [5.74, 6) is -0.792. The van der Waals surface area contributed by atoms with Gasteiger partial charge >= 0.3 is 5.69 Å². The van der Waals surface area contributed by atoms with Gasteiger partial charge in [0.2, 0.25) is 5.82 Å². The van der Waals surface area contributed by atoms with Crippen molar-refractivity contribution in [2.75, 3.05) is 13.2 Å². The van der Waals surface area contributed by atoms with Crippen molar-refractivity contribution < 1.29 is 14.1 Å². The zero-order chi connectivity index (χ0) is 13.0. The predicted octanol–water partition coefficient (Wildman–Crippen LogP) is 2.00. The lowest BCUT2D eigenvalue weighted by Crippen LogP contribution is -2.36. The van der Waals surface area contributed by atoms with Gasteiger partial charge in [-0.25, -0.2) is 0 Å². The molecule has 1 aromatic carbocycles. The van der Waals surface area contributed by atoms with Crippen LogP contribution >= 0.6 is 0 Å². The monoisotopic (exact) mass is 254 g/mol. The van der Waals surface area contributed by atoms with Crippen LogP contribution in [0.5, 0.6) is 0 Å². The molecule has 0 spiro atoms. The van der Waals surface area contributed by atoms with E-state index < -0.39 is 16.4 Å². The van der Waals surface area contributed by atoms with Crippen LogP contribution in [-0.2, 0) is 11.3 Å². The zero-order valence-electron chi connectivity index (χ0n) is 9.89. The Hall–Kier alpha value is -1.53. The van der Waals surface area contributed by atoms with Crippen molar-refractivity contribution in [2.24, 2.45) is 0 Å². The molecule has 0 saturated carbocycles. The summed E-state index contributed by atoms with van der Waals surface area (Å²) in [5.41, 5.74) is 0.212. The van der Waals surface area contributed by atoms with Gasteiger partial charge in [-0.3, -0.25) is 10.1 Å². The SMILES string of the molecule is O=[N+]([O-])c1ccc(CNC2CCCOC2)cc1F. The molecule has 2 rings (SSSR count). The molecule has 1 fully saturated rings. The molecule has 1 aromatic rings. The maximum absolute atomic E-state index is 13.4. The molecular weight excluding hydrogens is 239 g/mol. The Kier molecular flexibility index (Phi) is 4.22. The first kappa shape index (κ1) is 12.9. The topological polar surface area (TPSA) is 64.4 Å². The van der Waals surface area contributed by atoms with Crippen LogP contribution in [0.15, 0.2) is 18.2 Å². The molecule has 98 valence electrons. The Morgan fingerprint density at radius 2 is 2.39 bits per heavy atom. The van der Waals surface area contributed by atoms with Gasteiger partial charge in [-0.2, -0.15) is 4.39 Å². The van der Waals surface area contributed by atoms with E-state index in [0.29, 0.717) is 18.7 Å². The maximum Gasteiger partial charge on any atom is 0.304 e. The van der Waals surface area contributed by atoms with E-state index in [0.717, 1.165) is 19.4 Å². The van der Waals surface area contributed by atoms with Gasteiger partial charge < -0.3 is 10.1 Å². The van der Waals surface area contributed by atoms with Crippen molar-refractivity contribution in [2.45, 2.75) is 25.4 Å². The summed E-state index contributed by atoms with van der Waals surface area (Å²) in [6.07, 6.45) is 2.06. The van der Waals surface area contributed by atoms with Crippen LogP contribution in [0.25, 0.3) is 0 Å². The van der Waals surface area contributed by atoms with Crippen LogP contribution < -0.4 is 5.32 Å². The first-order valence-corrected chi connectivity index (χ1v) is 5.91. The van der Waals surface area contributed by atoms with E-state index in [1.54, 1.807) is 6.07 Å². The highest BCUT2D eigenvalue weighted by molar-refractivity contribution is 5.34. The van der Waals surface area contributed by atoms with Gasteiger partial charge in [0.1, 0.15) is 0 Å². The van der Waals surface area contributed by atoms with Crippen LogP contribution in [0.2, 0.25) is 0 Å². The molecule has 0 aliphatic carbocycles. The minimum Gasteiger partial charge on any atom is -0.380 e. The zero-order valence-corrected chi connectivity index (χ0v) is 9.89. The van der Waals surface area contributed by atoms with Crippen LogP contribution in [0, 0.1) is 15.9 Å². The van der Waals surface area contributed by atoms with Crippen LogP contribution in [-0.4, -0.2) is 24.2 Å². The minimum atomic E-state index is -0.792. The first-order valence-electron chi connectivity index (χ1n) is 5.91. The Balaban J connectivity index is 1.93. The fourth-order valence-electron chi connectivity index (χ4n) is 1.97. The molecule has 18 heavy (non-hydrogen) atoms. The van der Waals surface area contributed by atoms with Gasteiger partial charge in [0.15, 0.2) is 0 Å². The molecule has 1 N–H and O–H groups in total.